The van der Waals surface area contributed by atoms with Gasteiger partial charge in [-0.25, -0.2) is 9.78 Å². The maximum Gasteiger partial charge on any atom is 0.324 e. The smallest absolute Gasteiger partial charge is 0.308 e. The molecule has 0 radical (unpaired) electrons. The average molecular weight is 392 g/mol. The van der Waals surface area contributed by atoms with Gasteiger partial charge in [-0.15, -0.1) is 0 Å². The first-order valence-corrected chi connectivity index (χ1v) is 9.14. The third kappa shape index (κ3) is 3.68. The van der Waals surface area contributed by atoms with Crippen molar-refractivity contribution in [1.29, 1.82) is 0 Å². The number of fused-ring (bicyclic) bond motifs is 1. The van der Waals surface area contributed by atoms with E-state index in [4.69, 9.17) is 16.6 Å². The van der Waals surface area contributed by atoms with Crippen LogP contribution in [0.5, 0.6) is 0 Å². The van der Waals surface area contributed by atoms with Gasteiger partial charge in [0.15, 0.2) is 5.82 Å². The first kappa shape index (κ1) is 18.0. The van der Waals surface area contributed by atoms with Crippen molar-refractivity contribution in [3.05, 3.63) is 76.9 Å². The summed E-state index contributed by atoms with van der Waals surface area (Å²) >= 11 is 5.88. The number of hydrogen-bond donors (Lipinski definition) is 2. The predicted molar refractivity (Wildman–Crippen MR) is 112 cm³/mol. The SMILES string of the molecule is Cc1cc(NC(=O)Nc2ccc(Cl)cc2)n(-c2cc(C)c3ccccc3n2)n1. The molecule has 6 nitrogen and oxygen atoms in total. The molecule has 0 bridgehead atoms. The normalized spacial score (nSPS) is 10.8. The van der Waals surface area contributed by atoms with Gasteiger partial charge in [-0.2, -0.15) is 9.78 Å². The molecule has 0 aliphatic heterocycles. The molecule has 0 aliphatic carbocycles. The number of amides is 2. The van der Waals surface area contributed by atoms with Gasteiger partial charge in [0.05, 0.1) is 11.2 Å². The van der Waals surface area contributed by atoms with E-state index in [1.807, 2.05) is 44.2 Å². The van der Waals surface area contributed by atoms with Gasteiger partial charge in [0.25, 0.3) is 0 Å². The van der Waals surface area contributed by atoms with Gasteiger partial charge >= 0.3 is 6.03 Å². The van der Waals surface area contributed by atoms with Gasteiger partial charge in [0.2, 0.25) is 0 Å². The van der Waals surface area contributed by atoms with Crippen LogP contribution in [-0.4, -0.2) is 20.8 Å². The lowest BCUT2D eigenvalue weighted by molar-refractivity contribution is 0.262. The maximum absolute atomic E-state index is 12.4. The second-order valence-corrected chi connectivity index (χ2v) is 6.92. The Morgan fingerprint density at radius 1 is 1.00 bits per heavy atom. The maximum atomic E-state index is 12.4. The largest absolute Gasteiger partial charge is 0.324 e. The van der Waals surface area contributed by atoms with Crippen LogP contribution in [0.15, 0.2) is 60.7 Å². The van der Waals surface area contributed by atoms with E-state index < -0.39 is 0 Å². The number of nitrogens with zero attached hydrogens (tertiary/aromatic N) is 3. The third-order valence-corrected chi connectivity index (χ3v) is 4.55. The average Bonchev–Trinajstić information content (AvgIpc) is 3.03. The second kappa shape index (κ2) is 7.32. The van der Waals surface area contributed by atoms with E-state index in [-0.39, 0.29) is 6.03 Å². The fourth-order valence-corrected chi connectivity index (χ4v) is 3.14. The topological polar surface area (TPSA) is 71.8 Å². The molecule has 4 aromatic rings. The van der Waals surface area contributed by atoms with Crippen LogP contribution in [-0.2, 0) is 0 Å². The molecule has 28 heavy (non-hydrogen) atoms. The summed E-state index contributed by atoms with van der Waals surface area (Å²) in [6, 6.07) is 18.2. The molecule has 0 saturated carbocycles. The Morgan fingerprint density at radius 2 is 1.75 bits per heavy atom. The summed E-state index contributed by atoms with van der Waals surface area (Å²) in [5, 5.41) is 11.8. The van der Waals surface area contributed by atoms with E-state index in [2.05, 4.69) is 15.7 Å². The van der Waals surface area contributed by atoms with Crippen molar-refractivity contribution < 1.29 is 4.79 Å². The van der Waals surface area contributed by atoms with Crippen LogP contribution in [0.4, 0.5) is 16.3 Å². The Hall–Kier alpha value is -3.38. The molecular formula is C21H18ClN5O. The Labute approximate surface area is 167 Å². The van der Waals surface area contributed by atoms with Crippen LogP contribution in [0.25, 0.3) is 16.7 Å². The number of pyridine rings is 1. The molecule has 0 fully saturated rings. The molecule has 2 aromatic carbocycles. The number of anilines is 2. The van der Waals surface area contributed by atoms with Crippen LogP contribution < -0.4 is 10.6 Å². The van der Waals surface area contributed by atoms with E-state index in [1.165, 1.54) is 0 Å². The van der Waals surface area contributed by atoms with Gasteiger partial charge in [0, 0.05) is 22.2 Å². The summed E-state index contributed by atoms with van der Waals surface area (Å²) in [4.78, 5) is 17.1. The lowest BCUT2D eigenvalue weighted by atomic mass is 10.1. The molecule has 140 valence electrons. The Balaban J connectivity index is 1.64. The van der Waals surface area contributed by atoms with E-state index >= 15 is 0 Å². The molecule has 0 atom stereocenters. The van der Waals surface area contributed by atoms with Crippen LogP contribution in [0.3, 0.4) is 0 Å². The summed E-state index contributed by atoms with van der Waals surface area (Å²) < 4.78 is 1.64. The highest BCUT2D eigenvalue weighted by atomic mass is 35.5. The highest BCUT2D eigenvalue weighted by molar-refractivity contribution is 6.30. The first-order valence-electron chi connectivity index (χ1n) is 8.76. The van der Waals surface area contributed by atoms with Gasteiger partial charge in [0.1, 0.15) is 5.82 Å². The van der Waals surface area contributed by atoms with Crippen molar-refractivity contribution in [2.45, 2.75) is 13.8 Å². The first-order chi connectivity index (χ1) is 13.5. The van der Waals surface area contributed by atoms with Crippen LogP contribution >= 0.6 is 11.6 Å². The fraction of sp³-hybridized carbons (Fsp3) is 0.0952. The zero-order valence-corrected chi connectivity index (χ0v) is 16.2. The second-order valence-electron chi connectivity index (χ2n) is 6.48. The van der Waals surface area contributed by atoms with Gasteiger partial charge in [-0.1, -0.05) is 29.8 Å². The van der Waals surface area contributed by atoms with Crippen molar-refractivity contribution in [2.24, 2.45) is 0 Å². The fourth-order valence-electron chi connectivity index (χ4n) is 3.02. The molecule has 2 heterocycles. The number of carbonyl (C=O) groups is 1. The number of benzene rings is 2. The third-order valence-electron chi connectivity index (χ3n) is 4.30. The lowest BCUT2D eigenvalue weighted by Crippen LogP contribution is -2.21. The standard InChI is InChI=1S/C21H18ClN5O/c1-13-11-19(24-18-6-4-3-5-17(13)18)27-20(12-14(2)26-27)25-21(28)23-16-9-7-15(22)8-10-16/h3-12H,1-2H3,(H2,23,25,28). The zero-order chi connectivity index (χ0) is 19.7. The van der Waals surface area contributed by atoms with Crippen molar-refractivity contribution >= 4 is 40.0 Å². The molecule has 0 unspecified atom stereocenters. The van der Waals surface area contributed by atoms with E-state index in [0.29, 0.717) is 22.3 Å². The molecule has 2 amide bonds. The van der Waals surface area contributed by atoms with Gasteiger partial charge < -0.3 is 5.32 Å². The van der Waals surface area contributed by atoms with E-state index in [9.17, 15) is 4.79 Å². The number of hydrogen-bond acceptors (Lipinski definition) is 3. The molecule has 2 N–H and O–H groups in total. The number of carbonyl (C=O) groups excluding carboxylic acids is 1. The molecule has 0 aliphatic rings. The number of urea groups is 1. The monoisotopic (exact) mass is 391 g/mol. The molecule has 7 heteroatoms. The number of nitrogens with one attached hydrogen (secondary N) is 2. The van der Waals surface area contributed by atoms with Crippen LogP contribution in [0, 0.1) is 13.8 Å². The number of halogens is 1. The minimum Gasteiger partial charge on any atom is -0.308 e. The van der Waals surface area contributed by atoms with Crippen molar-refractivity contribution in [3.8, 4) is 5.82 Å². The van der Waals surface area contributed by atoms with E-state index in [0.717, 1.165) is 22.2 Å². The lowest BCUT2D eigenvalue weighted by Gasteiger charge is -2.11. The molecule has 2 aromatic heterocycles. The van der Waals surface area contributed by atoms with Crippen LogP contribution in [0.1, 0.15) is 11.3 Å². The molecule has 4 rings (SSSR count). The number of rotatable bonds is 3. The van der Waals surface area contributed by atoms with Gasteiger partial charge in [-0.05, 0) is 55.8 Å². The minimum absolute atomic E-state index is 0.374. The summed E-state index contributed by atoms with van der Waals surface area (Å²) in [6.07, 6.45) is 0. The Morgan fingerprint density at radius 3 is 2.54 bits per heavy atom. The minimum atomic E-state index is -0.374. The predicted octanol–water partition coefficient (Wildman–Crippen LogP) is 5.33. The Kier molecular flexibility index (Phi) is 4.71. The molecular weight excluding hydrogens is 374 g/mol. The quantitative estimate of drug-likeness (QED) is 0.495. The van der Waals surface area contributed by atoms with Crippen molar-refractivity contribution in [3.63, 3.8) is 0 Å². The van der Waals surface area contributed by atoms with Crippen molar-refractivity contribution in [1.82, 2.24) is 14.8 Å². The number of aromatic nitrogens is 3. The summed E-state index contributed by atoms with van der Waals surface area (Å²) in [7, 11) is 0. The van der Waals surface area contributed by atoms with Crippen molar-refractivity contribution in [2.75, 3.05) is 10.6 Å². The molecule has 0 spiro atoms. The number of aryl methyl sites for hydroxylation is 2. The summed E-state index contributed by atoms with van der Waals surface area (Å²) in [5.41, 5.74) is 3.38. The van der Waals surface area contributed by atoms with Gasteiger partial charge in [-0.3, -0.25) is 5.32 Å². The van der Waals surface area contributed by atoms with E-state index in [1.54, 1.807) is 35.0 Å². The zero-order valence-electron chi connectivity index (χ0n) is 15.4. The summed E-state index contributed by atoms with van der Waals surface area (Å²) in [5.74, 6) is 1.18. The summed E-state index contributed by atoms with van der Waals surface area (Å²) in [6.45, 7) is 3.90. The number of para-hydroxylation sites is 1. The highest BCUT2D eigenvalue weighted by Gasteiger charge is 2.13. The van der Waals surface area contributed by atoms with Crippen LogP contribution in [0.2, 0.25) is 5.02 Å². The Bertz CT molecular complexity index is 1170. The highest BCUT2D eigenvalue weighted by Crippen LogP contribution is 2.22. The molecule has 0 saturated heterocycles.